The summed E-state index contributed by atoms with van der Waals surface area (Å²) in [6.45, 7) is 5.02. The Bertz CT molecular complexity index is 956. The Hall–Kier alpha value is -2.70. The SMILES string of the molecule is CCC1(CC)c2cc(C(N)=O)ccc2C[C@@H](OC)[C@H]1NCCC(CC(=O)O)c1ccccc1. The summed E-state index contributed by atoms with van der Waals surface area (Å²) in [5, 5.41) is 13.2. The molecule has 0 spiro atoms. The van der Waals surface area contributed by atoms with E-state index in [0.29, 0.717) is 18.5 Å². The molecule has 2 aromatic carbocycles. The number of nitrogens with two attached hydrogens (primary N) is 1. The van der Waals surface area contributed by atoms with Crippen molar-refractivity contribution >= 4 is 11.9 Å². The highest BCUT2D eigenvalue weighted by molar-refractivity contribution is 5.93. The maximum atomic E-state index is 11.9. The van der Waals surface area contributed by atoms with Gasteiger partial charge in [0.1, 0.15) is 0 Å². The molecule has 1 unspecified atom stereocenters. The Labute approximate surface area is 196 Å². The molecular weight excluding hydrogens is 416 g/mol. The number of amides is 1. The maximum Gasteiger partial charge on any atom is 0.303 e. The van der Waals surface area contributed by atoms with Crippen LogP contribution in [0.2, 0.25) is 0 Å². The minimum atomic E-state index is -0.791. The number of carboxylic acids is 1. The fourth-order valence-electron chi connectivity index (χ4n) is 5.58. The van der Waals surface area contributed by atoms with Crippen LogP contribution >= 0.6 is 0 Å². The Morgan fingerprint density at radius 1 is 1.18 bits per heavy atom. The van der Waals surface area contributed by atoms with Crippen LogP contribution in [0.5, 0.6) is 0 Å². The van der Waals surface area contributed by atoms with Crippen molar-refractivity contribution in [2.24, 2.45) is 5.73 Å². The van der Waals surface area contributed by atoms with Crippen molar-refractivity contribution in [2.75, 3.05) is 13.7 Å². The van der Waals surface area contributed by atoms with Crippen molar-refractivity contribution in [1.82, 2.24) is 5.32 Å². The normalized spacial score (nSPS) is 20.1. The molecule has 4 N–H and O–H groups in total. The Morgan fingerprint density at radius 3 is 2.45 bits per heavy atom. The molecule has 3 atom stereocenters. The monoisotopic (exact) mass is 452 g/mol. The van der Waals surface area contributed by atoms with Crippen LogP contribution in [-0.2, 0) is 21.4 Å². The summed E-state index contributed by atoms with van der Waals surface area (Å²) in [6.07, 6.45) is 3.30. The van der Waals surface area contributed by atoms with E-state index in [1.165, 1.54) is 11.1 Å². The van der Waals surface area contributed by atoms with Gasteiger partial charge in [-0.1, -0.05) is 50.2 Å². The third kappa shape index (κ3) is 5.28. The Balaban J connectivity index is 1.87. The van der Waals surface area contributed by atoms with E-state index in [0.717, 1.165) is 24.8 Å². The molecule has 0 aromatic heterocycles. The highest BCUT2D eigenvalue weighted by Gasteiger charge is 2.46. The summed E-state index contributed by atoms with van der Waals surface area (Å²) >= 11 is 0. The maximum absolute atomic E-state index is 11.9. The highest BCUT2D eigenvalue weighted by Crippen LogP contribution is 2.44. The number of benzene rings is 2. The molecule has 0 radical (unpaired) electrons. The number of hydrogen-bond donors (Lipinski definition) is 3. The molecule has 33 heavy (non-hydrogen) atoms. The summed E-state index contributed by atoms with van der Waals surface area (Å²) in [5.41, 5.74) is 9.31. The van der Waals surface area contributed by atoms with Crippen LogP contribution in [0.1, 0.15) is 72.5 Å². The van der Waals surface area contributed by atoms with E-state index in [2.05, 4.69) is 19.2 Å². The van der Waals surface area contributed by atoms with Gasteiger partial charge >= 0.3 is 5.97 Å². The van der Waals surface area contributed by atoms with Crippen LogP contribution in [-0.4, -0.2) is 42.8 Å². The summed E-state index contributed by atoms with van der Waals surface area (Å²) in [5.74, 6) is -1.27. The van der Waals surface area contributed by atoms with E-state index in [4.69, 9.17) is 10.5 Å². The predicted octanol–water partition coefficient (Wildman–Crippen LogP) is 4.02. The standard InChI is InChI=1S/C27H36N2O4/c1-4-27(5-2)22-15-21(26(28)32)12-11-20(22)16-23(33-3)25(27)29-14-13-19(17-24(30)31)18-9-7-6-8-10-18/h6-12,15,19,23,25,29H,4-5,13-14,16-17H2,1-3H3,(H2,28,32)(H,30,31)/t19?,23-,25-/m1/s1. The van der Waals surface area contributed by atoms with Gasteiger partial charge in [0.15, 0.2) is 0 Å². The van der Waals surface area contributed by atoms with Crippen molar-refractivity contribution < 1.29 is 19.4 Å². The third-order valence-corrected chi connectivity index (χ3v) is 7.43. The largest absolute Gasteiger partial charge is 0.481 e. The number of rotatable bonds is 11. The fraction of sp³-hybridized carbons (Fsp3) is 0.481. The quantitative estimate of drug-likeness (QED) is 0.478. The molecule has 0 saturated heterocycles. The van der Waals surface area contributed by atoms with Gasteiger partial charge in [-0.15, -0.1) is 0 Å². The Morgan fingerprint density at radius 2 is 1.88 bits per heavy atom. The van der Waals surface area contributed by atoms with E-state index >= 15 is 0 Å². The van der Waals surface area contributed by atoms with Gasteiger partial charge in [0.05, 0.1) is 12.5 Å². The lowest BCUT2D eigenvalue weighted by Crippen LogP contribution is -2.59. The van der Waals surface area contributed by atoms with Crippen LogP contribution in [0.25, 0.3) is 0 Å². The number of primary amides is 1. The second kappa shape index (κ2) is 10.9. The first-order valence-corrected chi connectivity index (χ1v) is 11.8. The Kier molecular flexibility index (Phi) is 8.27. The van der Waals surface area contributed by atoms with Crippen molar-refractivity contribution in [1.29, 1.82) is 0 Å². The van der Waals surface area contributed by atoms with E-state index in [9.17, 15) is 14.7 Å². The molecule has 6 heteroatoms. The number of aliphatic carboxylic acids is 1. The molecule has 0 aliphatic heterocycles. The van der Waals surface area contributed by atoms with E-state index in [-0.39, 0.29) is 29.9 Å². The van der Waals surface area contributed by atoms with Crippen LogP contribution in [0.15, 0.2) is 48.5 Å². The zero-order chi connectivity index (χ0) is 24.0. The number of methoxy groups -OCH3 is 1. The first-order chi connectivity index (χ1) is 15.9. The predicted molar refractivity (Wildman–Crippen MR) is 130 cm³/mol. The second-order valence-electron chi connectivity index (χ2n) is 9.00. The zero-order valence-electron chi connectivity index (χ0n) is 19.8. The van der Waals surface area contributed by atoms with Crippen LogP contribution in [0.4, 0.5) is 0 Å². The number of carboxylic acid groups (broad SMARTS) is 1. The molecule has 2 aromatic rings. The molecular formula is C27H36N2O4. The molecule has 178 valence electrons. The van der Waals surface area contributed by atoms with E-state index in [1.807, 2.05) is 42.5 Å². The van der Waals surface area contributed by atoms with E-state index in [1.54, 1.807) is 13.2 Å². The minimum Gasteiger partial charge on any atom is -0.481 e. The number of carbonyl (C=O) groups is 2. The average Bonchev–Trinajstić information content (AvgIpc) is 2.82. The van der Waals surface area contributed by atoms with Gasteiger partial charge in [0.25, 0.3) is 0 Å². The smallest absolute Gasteiger partial charge is 0.303 e. The lowest BCUT2D eigenvalue weighted by Gasteiger charge is -2.49. The number of fused-ring (bicyclic) bond motifs is 1. The minimum absolute atomic E-state index is 0.0218. The molecule has 1 amide bonds. The van der Waals surface area contributed by atoms with Crippen molar-refractivity contribution in [3.05, 3.63) is 70.8 Å². The van der Waals surface area contributed by atoms with Crippen molar-refractivity contribution in [2.45, 2.75) is 69.4 Å². The highest BCUT2D eigenvalue weighted by atomic mass is 16.5. The number of nitrogens with one attached hydrogen (secondary N) is 1. The molecule has 1 aliphatic carbocycles. The summed E-state index contributed by atoms with van der Waals surface area (Å²) in [6, 6.07) is 15.6. The molecule has 0 saturated carbocycles. The molecule has 0 fully saturated rings. The van der Waals surface area contributed by atoms with Gasteiger partial charge in [0, 0.05) is 30.6 Å². The summed E-state index contributed by atoms with van der Waals surface area (Å²) < 4.78 is 5.96. The van der Waals surface area contributed by atoms with Gasteiger partial charge in [-0.2, -0.15) is 0 Å². The van der Waals surface area contributed by atoms with Gasteiger partial charge < -0.3 is 20.9 Å². The van der Waals surface area contributed by atoms with Gasteiger partial charge in [-0.05, 0) is 60.5 Å². The number of hydrogen-bond acceptors (Lipinski definition) is 4. The molecule has 0 heterocycles. The van der Waals surface area contributed by atoms with Crippen molar-refractivity contribution in [3.63, 3.8) is 0 Å². The average molecular weight is 453 g/mol. The molecule has 3 rings (SSSR count). The lowest BCUT2D eigenvalue weighted by atomic mass is 9.62. The number of carbonyl (C=O) groups excluding carboxylic acids is 1. The first-order valence-electron chi connectivity index (χ1n) is 11.8. The van der Waals surface area contributed by atoms with Crippen LogP contribution in [0, 0.1) is 0 Å². The molecule has 0 bridgehead atoms. The van der Waals surface area contributed by atoms with Gasteiger partial charge in [-0.3, -0.25) is 9.59 Å². The number of ether oxygens (including phenoxy) is 1. The fourth-order valence-corrected chi connectivity index (χ4v) is 5.58. The topological polar surface area (TPSA) is 102 Å². The van der Waals surface area contributed by atoms with E-state index < -0.39 is 11.9 Å². The van der Waals surface area contributed by atoms with Gasteiger partial charge in [-0.25, -0.2) is 0 Å². The second-order valence-corrected chi connectivity index (χ2v) is 9.00. The van der Waals surface area contributed by atoms with Crippen molar-refractivity contribution in [3.8, 4) is 0 Å². The molecule has 1 aliphatic rings. The lowest BCUT2D eigenvalue weighted by molar-refractivity contribution is -0.137. The van der Waals surface area contributed by atoms with Gasteiger partial charge in [0.2, 0.25) is 5.91 Å². The first kappa shape index (κ1) is 24.9. The third-order valence-electron chi connectivity index (χ3n) is 7.43. The molecule has 6 nitrogen and oxygen atoms in total. The zero-order valence-corrected chi connectivity index (χ0v) is 19.8. The van der Waals surface area contributed by atoms with Crippen LogP contribution in [0.3, 0.4) is 0 Å². The van der Waals surface area contributed by atoms with Crippen LogP contribution < -0.4 is 11.1 Å². The summed E-state index contributed by atoms with van der Waals surface area (Å²) in [4.78, 5) is 23.4. The summed E-state index contributed by atoms with van der Waals surface area (Å²) in [7, 11) is 1.75.